The van der Waals surface area contributed by atoms with Gasteiger partial charge >= 0.3 is 0 Å². The minimum Gasteiger partial charge on any atom is -0.309 e. The molecule has 0 aliphatic carbocycles. The van der Waals surface area contributed by atoms with E-state index in [0.29, 0.717) is 11.3 Å². The second kappa shape index (κ2) is 9.24. The molecule has 2 heterocycles. The van der Waals surface area contributed by atoms with Crippen LogP contribution in [0.15, 0.2) is 133 Å². The van der Waals surface area contributed by atoms with Gasteiger partial charge in [0.2, 0.25) is 0 Å². The van der Waals surface area contributed by atoms with Crippen molar-refractivity contribution in [3.63, 3.8) is 0 Å². The summed E-state index contributed by atoms with van der Waals surface area (Å²) in [5.41, 5.74) is 9.58. The zero-order valence-electron chi connectivity index (χ0n) is 22.5. The average Bonchev–Trinajstić information content (AvgIpc) is 3.57. The first-order valence-corrected chi connectivity index (χ1v) is 13.8. The summed E-state index contributed by atoms with van der Waals surface area (Å²) >= 11 is 0. The van der Waals surface area contributed by atoms with Gasteiger partial charge in [-0.25, -0.2) is 4.85 Å². The summed E-state index contributed by atoms with van der Waals surface area (Å²) in [7, 11) is 0. The fourth-order valence-corrected chi connectivity index (χ4v) is 6.38. The monoisotopic (exact) mass is 534 g/mol. The first kappa shape index (κ1) is 23.8. The Morgan fingerprint density at radius 1 is 0.500 bits per heavy atom. The van der Waals surface area contributed by atoms with Crippen molar-refractivity contribution in [3.05, 3.63) is 150 Å². The fraction of sp³-hybridized carbons (Fsp3) is 0. The van der Waals surface area contributed by atoms with Gasteiger partial charge in [0, 0.05) is 27.1 Å². The van der Waals surface area contributed by atoms with Crippen LogP contribution in [0.25, 0.3) is 71.0 Å². The molecule has 0 aliphatic rings. The van der Waals surface area contributed by atoms with Gasteiger partial charge in [0.05, 0.1) is 51.6 Å². The Balaban J connectivity index is 1.49. The number of benzene rings is 6. The van der Waals surface area contributed by atoms with E-state index in [1.165, 1.54) is 10.8 Å². The van der Waals surface area contributed by atoms with E-state index in [4.69, 9.17) is 6.57 Å². The van der Waals surface area contributed by atoms with Crippen molar-refractivity contribution in [1.82, 2.24) is 9.13 Å². The zero-order chi connectivity index (χ0) is 28.2. The molecule has 4 nitrogen and oxygen atoms in total. The minimum atomic E-state index is 0.588. The third-order valence-electron chi connectivity index (χ3n) is 8.17. The quantitative estimate of drug-likeness (QED) is 0.208. The Bertz CT molecular complexity index is 2390. The van der Waals surface area contributed by atoms with Crippen molar-refractivity contribution in [1.29, 1.82) is 5.26 Å². The van der Waals surface area contributed by atoms with Gasteiger partial charge in [0.25, 0.3) is 0 Å². The molecule has 0 spiro atoms. The highest BCUT2D eigenvalue weighted by Crippen LogP contribution is 2.41. The molecule has 0 aliphatic heterocycles. The summed E-state index contributed by atoms with van der Waals surface area (Å²) in [6.07, 6.45) is 0. The Labute approximate surface area is 242 Å². The summed E-state index contributed by atoms with van der Waals surface area (Å²) in [6.45, 7) is 7.84. The molecule has 0 unspecified atom stereocenters. The second-order valence-corrected chi connectivity index (χ2v) is 10.4. The van der Waals surface area contributed by atoms with Gasteiger partial charge in [-0.15, -0.1) is 0 Å². The molecule has 42 heavy (non-hydrogen) atoms. The first-order valence-electron chi connectivity index (χ1n) is 13.8. The van der Waals surface area contributed by atoms with Crippen LogP contribution in [0.5, 0.6) is 0 Å². The van der Waals surface area contributed by atoms with E-state index in [0.717, 1.165) is 55.3 Å². The number of nitrogens with zero attached hydrogens (tertiary/aromatic N) is 4. The lowest BCUT2D eigenvalue weighted by Crippen LogP contribution is -2.01. The predicted molar refractivity (Wildman–Crippen MR) is 172 cm³/mol. The highest BCUT2D eigenvalue weighted by atomic mass is 15.0. The lowest BCUT2D eigenvalue weighted by Gasteiger charge is -2.19. The Kier molecular flexibility index (Phi) is 5.22. The number of hydrogen-bond acceptors (Lipinski definition) is 1. The van der Waals surface area contributed by atoms with Crippen molar-refractivity contribution in [2.75, 3.05) is 0 Å². The van der Waals surface area contributed by atoms with Crippen molar-refractivity contribution >= 4 is 49.3 Å². The SMILES string of the molecule is [C-]#[N+]c1ccc(-n2c3ccccc3c3ccccc32)c(-c2ccccc2-n2c3ccccc3c3cc(C#N)ccc32)c1. The van der Waals surface area contributed by atoms with Crippen molar-refractivity contribution in [2.24, 2.45) is 0 Å². The molecule has 8 rings (SSSR count). The molecule has 0 amide bonds. The number of rotatable bonds is 3. The number of fused-ring (bicyclic) bond motifs is 6. The topological polar surface area (TPSA) is 38.0 Å². The molecule has 0 saturated carbocycles. The normalized spacial score (nSPS) is 11.3. The zero-order valence-corrected chi connectivity index (χ0v) is 22.5. The maximum Gasteiger partial charge on any atom is 0.188 e. The van der Waals surface area contributed by atoms with E-state index >= 15 is 0 Å². The van der Waals surface area contributed by atoms with Crippen LogP contribution >= 0.6 is 0 Å². The molecular weight excluding hydrogens is 512 g/mol. The van der Waals surface area contributed by atoms with E-state index in [9.17, 15) is 5.26 Å². The molecule has 0 atom stereocenters. The molecule has 0 radical (unpaired) electrons. The maximum atomic E-state index is 9.62. The molecule has 0 bridgehead atoms. The lowest BCUT2D eigenvalue weighted by atomic mass is 10.00. The van der Waals surface area contributed by atoms with E-state index in [2.05, 4.69) is 117 Å². The van der Waals surface area contributed by atoms with Crippen LogP contribution in [0.1, 0.15) is 5.56 Å². The number of para-hydroxylation sites is 4. The van der Waals surface area contributed by atoms with Gasteiger partial charge in [0.1, 0.15) is 0 Å². The molecule has 8 aromatic rings. The minimum absolute atomic E-state index is 0.588. The third-order valence-corrected chi connectivity index (χ3v) is 8.17. The highest BCUT2D eigenvalue weighted by Gasteiger charge is 2.20. The van der Waals surface area contributed by atoms with Crippen LogP contribution < -0.4 is 0 Å². The third kappa shape index (κ3) is 3.40. The second-order valence-electron chi connectivity index (χ2n) is 10.4. The van der Waals surface area contributed by atoms with Gasteiger partial charge in [-0.1, -0.05) is 78.9 Å². The maximum absolute atomic E-state index is 9.62. The molecule has 0 saturated heterocycles. The van der Waals surface area contributed by atoms with Gasteiger partial charge in [0.15, 0.2) is 5.69 Å². The van der Waals surface area contributed by atoms with E-state index in [-0.39, 0.29) is 0 Å². The Hall–Kier alpha value is -6.10. The smallest absolute Gasteiger partial charge is 0.188 e. The average molecular weight is 535 g/mol. The summed E-state index contributed by atoms with van der Waals surface area (Å²) in [6, 6.07) is 47.9. The summed E-state index contributed by atoms with van der Waals surface area (Å²) in [4.78, 5) is 3.82. The van der Waals surface area contributed by atoms with E-state index < -0.39 is 0 Å². The van der Waals surface area contributed by atoms with Crippen molar-refractivity contribution < 1.29 is 0 Å². The molecule has 6 aromatic carbocycles. The van der Waals surface area contributed by atoms with E-state index in [1.54, 1.807) is 0 Å². The molecule has 0 N–H and O–H groups in total. The first-order chi connectivity index (χ1) is 20.8. The van der Waals surface area contributed by atoms with Crippen molar-refractivity contribution in [2.45, 2.75) is 0 Å². The summed E-state index contributed by atoms with van der Waals surface area (Å²) in [5, 5.41) is 14.1. The highest BCUT2D eigenvalue weighted by molar-refractivity contribution is 6.11. The summed E-state index contributed by atoms with van der Waals surface area (Å²) in [5.74, 6) is 0. The van der Waals surface area contributed by atoms with Crippen LogP contribution in [0, 0.1) is 17.9 Å². The molecular formula is C38H22N4. The lowest BCUT2D eigenvalue weighted by molar-refractivity contribution is 1.16. The summed E-state index contributed by atoms with van der Waals surface area (Å²) < 4.78 is 4.59. The van der Waals surface area contributed by atoms with E-state index in [1.807, 2.05) is 36.4 Å². The van der Waals surface area contributed by atoms with Crippen molar-refractivity contribution in [3.8, 4) is 28.6 Å². The molecule has 0 fully saturated rings. The Morgan fingerprint density at radius 2 is 1.02 bits per heavy atom. The van der Waals surface area contributed by atoms with Crippen LogP contribution in [0.3, 0.4) is 0 Å². The standard InChI is InChI=1S/C38H22N4/c1-40-26-19-21-38(41-33-14-6-2-10-27(33)28-11-3-7-15-34(28)41)32(23-26)30-13-5-9-17-36(30)42-35-16-8-4-12-29(35)31-22-25(24-39)18-20-37(31)42/h2-23H. The van der Waals surface area contributed by atoms with Crippen LogP contribution in [-0.2, 0) is 0 Å². The van der Waals surface area contributed by atoms with Crippen LogP contribution in [0.4, 0.5) is 5.69 Å². The van der Waals surface area contributed by atoms with Gasteiger partial charge in [-0.3, -0.25) is 0 Å². The predicted octanol–water partition coefficient (Wildman–Crippen LogP) is 9.97. The van der Waals surface area contributed by atoms with Gasteiger partial charge in [-0.2, -0.15) is 5.26 Å². The van der Waals surface area contributed by atoms with Gasteiger partial charge < -0.3 is 9.13 Å². The molecule has 2 aromatic heterocycles. The molecule has 194 valence electrons. The number of aromatic nitrogens is 2. The largest absolute Gasteiger partial charge is 0.309 e. The number of nitriles is 1. The van der Waals surface area contributed by atoms with Crippen LogP contribution in [0.2, 0.25) is 0 Å². The number of hydrogen-bond donors (Lipinski definition) is 0. The molecule has 4 heteroatoms. The fourth-order valence-electron chi connectivity index (χ4n) is 6.38. The van der Waals surface area contributed by atoms with Gasteiger partial charge in [-0.05, 0) is 60.2 Å². The van der Waals surface area contributed by atoms with Crippen LogP contribution in [-0.4, -0.2) is 9.13 Å². The Morgan fingerprint density at radius 3 is 1.64 bits per heavy atom.